The Labute approximate surface area is 160 Å². The lowest BCUT2D eigenvalue weighted by Crippen LogP contribution is -2.52. The molecular weight excluding hydrogens is 368 g/mol. The molecule has 1 aliphatic heterocycles. The number of hydrogen-bond acceptors (Lipinski definition) is 5. The number of carboxylic acids is 1. The quantitative estimate of drug-likeness (QED) is 0.628. The van der Waals surface area contributed by atoms with Crippen LogP contribution in [0.25, 0.3) is 0 Å². The highest BCUT2D eigenvalue weighted by Gasteiger charge is 2.52. The average molecular weight is 397 g/mol. The first-order valence-electron chi connectivity index (χ1n) is 9.38. The standard InChI is InChI=1S/C19H28N2O5S/c1-13-2-3-17(27(24,25)26)16(8-13)15-9-19(10-15,18(22)23)12-21-6-4-14(11-20)5-7-21/h2-3,8,14-15H,4-7,9-12,20H2,1H3,(H,22,23)(H,24,25,26). The first-order valence-corrected chi connectivity index (χ1v) is 10.8. The highest BCUT2D eigenvalue weighted by Crippen LogP contribution is 2.53. The summed E-state index contributed by atoms with van der Waals surface area (Å²) in [5.74, 6) is -0.499. The molecule has 1 aliphatic carbocycles. The Bertz CT molecular complexity index is 809. The Morgan fingerprint density at radius 1 is 1.30 bits per heavy atom. The molecule has 0 atom stereocenters. The van der Waals surface area contributed by atoms with Crippen molar-refractivity contribution in [2.75, 3.05) is 26.2 Å². The fourth-order valence-corrected chi connectivity index (χ4v) is 5.27. The minimum Gasteiger partial charge on any atom is -0.481 e. The monoisotopic (exact) mass is 396 g/mol. The minimum atomic E-state index is -4.33. The molecule has 1 aromatic carbocycles. The van der Waals surface area contributed by atoms with E-state index in [1.807, 2.05) is 6.92 Å². The summed E-state index contributed by atoms with van der Waals surface area (Å²) in [6, 6.07) is 4.78. The zero-order valence-corrected chi connectivity index (χ0v) is 16.4. The van der Waals surface area contributed by atoms with Gasteiger partial charge in [0.15, 0.2) is 0 Å². The summed E-state index contributed by atoms with van der Waals surface area (Å²) in [5, 5.41) is 9.85. The second-order valence-electron chi connectivity index (χ2n) is 8.16. The summed E-state index contributed by atoms with van der Waals surface area (Å²) in [7, 11) is -4.33. The van der Waals surface area contributed by atoms with Crippen LogP contribution in [0.2, 0.25) is 0 Å². The number of nitrogens with two attached hydrogens (primary N) is 1. The van der Waals surface area contributed by atoms with Crippen LogP contribution >= 0.6 is 0 Å². The summed E-state index contributed by atoms with van der Waals surface area (Å²) in [4.78, 5) is 14.1. The second kappa shape index (κ2) is 7.50. The van der Waals surface area contributed by atoms with Gasteiger partial charge in [0.2, 0.25) is 0 Å². The Morgan fingerprint density at radius 3 is 2.44 bits per heavy atom. The third kappa shape index (κ3) is 4.18. The van der Waals surface area contributed by atoms with E-state index >= 15 is 0 Å². The second-order valence-corrected chi connectivity index (χ2v) is 9.55. The van der Waals surface area contributed by atoms with E-state index in [9.17, 15) is 22.9 Å². The van der Waals surface area contributed by atoms with Gasteiger partial charge in [-0.2, -0.15) is 8.42 Å². The molecule has 0 spiro atoms. The van der Waals surface area contributed by atoms with E-state index in [0.717, 1.165) is 31.5 Å². The van der Waals surface area contributed by atoms with Crippen molar-refractivity contribution in [3.8, 4) is 0 Å². The van der Waals surface area contributed by atoms with Gasteiger partial charge in [0, 0.05) is 6.54 Å². The lowest BCUT2D eigenvalue weighted by molar-refractivity contribution is -0.158. The summed E-state index contributed by atoms with van der Waals surface area (Å²) < 4.78 is 32.9. The molecule has 2 aliphatic rings. The van der Waals surface area contributed by atoms with Crippen LogP contribution in [0.4, 0.5) is 0 Å². The maximum Gasteiger partial charge on any atom is 0.310 e. The first kappa shape index (κ1) is 20.3. The lowest BCUT2D eigenvalue weighted by Gasteiger charge is -2.48. The summed E-state index contributed by atoms with van der Waals surface area (Å²) >= 11 is 0. The molecule has 0 aromatic heterocycles. The predicted octanol–water partition coefficient (Wildman–Crippen LogP) is 1.86. The van der Waals surface area contributed by atoms with Crippen molar-refractivity contribution in [2.45, 2.75) is 43.4 Å². The summed E-state index contributed by atoms with van der Waals surface area (Å²) in [6.07, 6.45) is 2.73. The van der Waals surface area contributed by atoms with Gasteiger partial charge in [0.05, 0.1) is 10.3 Å². The van der Waals surface area contributed by atoms with Crippen LogP contribution in [0.15, 0.2) is 23.1 Å². The van der Waals surface area contributed by atoms with E-state index in [2.05, 4.69) is 4.90 Å². The van der Waals surface area contributed by atoms with Gasteiger partial charge < -0.3 is 15.7 Å². The molecule has 27 heavy (non-hydrogen) atoms. The van der Waals surface area contributed by atoms with Crippen molar-refractivity contribution in [3.05, 3.63) is 29.3 Å². The average Bonchev–Trinajstić information content (AvgIpc) is 2.56. The number of carboxylic acid groups (broad SMARTS) is 1. The molecule has 1 heterocycles. The van der Waals surface area contributed by atoms with Gasteiger partial charge in [-0.1, -0.05) is 17.7 Å². The maximum absolute atomic E-state index is 12.0. The summed E-state index contributed by atoms with van der Waals surface area (Å²) in [5.41, 5.74) is 6.27. The highest BCUT2D eigenvalue weighted by molar-refractivity contribution is 7.85. The van der Waals surface area contributed by atoms with Crippen LogP contribution in [0.5, 0.6) is 0 Å². The molecule has 7 nitrogen and oxygen atoms in total. The fraction of sp³-hybridized carbons (Fsp3) is 0.632. The van der Waals surface area contributed by atoms with Gasteiger partial charge in [-0.25, -0.2) is 0 Å². The van der Waals surface area contributed by atoms with Gasteiger partial charge in [-0.3, -0.25) is 9.35 Å². The maximum atomic E-state index is 12.0. The van der Waals surface area contributed by atoms with Crippen LogP contribution in [0.3, 0.4) is 0 Å². The molecule has 1 saturated heterocycles. The van der Waals surface area contributed by atoms with E-state index in [1.165, 1.54) is 6.07 Å². The van der Waals surface area contributed by atoms with Gasteiger partial charge >= 0.3 is 5.97 Å². The minimum absolute atomic E-state index is 0.110. The topological polar surface area (TPSA) is 121 Å². The SMILES string of the molecule is Cc1ccc(S(=O)(=O)O)c(C2CC(CN3CCC(CN)CC3)(C(=O)O)C2)c1. The number of aryl methyl sites for hydroxylation is 1. The number of benzene rings is 1. The van der Waals surface area contributed by atoms with E-state index in [1.54, 1.807) is 12.1 Å². The highest BCUT2D eigenvalue weighted by atomic mass is 32.2. The van der Waals surface area contributed by atoms with E-state index in [0.29, 0.717) is 37.4 Å². The van der Waals surface area contributed by atoms with Gasteiger partial charge in [0.1, 0.15) is 0 Å². The molecule has 0 bridgehead atoms. The van der Waals surface area contributed by atoms with Crippen LogP contribution in [0, 0.1) is 18.3 Å². The van der Waals surface area contributed by atoms with E-state index in [-0.39, 0.29) is 10.8 Å². The third-order valence-electron chi connectivity index (χ3n) is 6.18. The molecule has 4 N–H and O–H groups in total. The zero-order chi connectivity index (χ0) is 19.8. The fourth-order valence-electron chi connectivity index (χ4n) is 4.50. The predicted molar refractivity (Wildman–Crippen MR) is 101 cm³/mol. The number of rotatable bonds is 6. The summed E-state index contributed by atoms with van der Waals surface area (Å²) in [6.45, 7) is 4.70. The number of hydrogen-bond donors (Lipinski definition) is 3. The molecule has 2 fully saturated rings. The van der Waals surface area contributed by atoms with Crippen LogP contribution in [0.1, 0.15) is 42.7 Å². The van der Waals surface area contributed by atoms with Crippen molar-refractivity contribution in [1.82, 2.24) is 4.90 Å². The zero-order valence-electron chi connectivity index (χ0n) is 15.6. The number of nitrogens with zero attached hydrogens (tertiary/aromatic N) is 1. The van der Waals surface area contributed by atoms with Crippen LogP contribution in [-0.4, -0.2) is 55.1 Å². The Hall–Kier alpha value is -1.48. The van der Waals surface area contributed by atoms with Crippen molar-refractivity contribution in [3.63, 3.8) is 0 Å². The number of aliphatic carboxylic acids is 1. The molecule has 0 amide bonds. The molecular formula is C19H28N2O5S. The van der Waals surface area contributed by atoms with Crippen LogP contribution < -0.4 is 5.73 Å². The molecule has 1 aromatic rings. The van der Waals surface area contributed by atoms with Crippen molar-refractivity contribution in [1.29, 1.82) is 0 Å². The largest absolute Gasteiger partial charge is 0.481 e. The van der Waals surface area contributed by atoms with E-state index in [4.69, 9.17) is 5.73 Å². The Balaban J connectivity index is 1.75. The Kier molecular flexibility index (Phi) is 5.63. The van der Waals surface area contributed by atoms with Crippen molar-refractivity contribution < 1.29 is 22.9 Å². The molecule has 0 unspecified atom stereocenters. The third-order valence-corrected chi connectivity index (χ3v) is 7.11. The van der Waals surface area contributed by atoms with Crippen molar-refractivity contribution in [2.24, 2.45) is 17.1 Å². The molecule has 150 valence electrons. The van der Waals surface area contributed by atoms with E-state index < -0.39 is 21.5 Å². The number of piperidine rings is 1. The normalized spacial score (nSPS) is 27.3. The lowest BCUT2D eigenvalue weighted by atomic mass is 9.59. The van der Waals surface area contributed by atoms with Crippen LogP contribution in [-0.2, 0) is 14.9 Å². The molecule has 1 saturated carbocycles. The van der Waals surface area contributed by atoms with Gasteiger partial charge in [-0.15, -0.1) is 0 Å². The van der Waals surface area contributed by atoms with Gasteiger partial charge in [-0.05, 0) is 75.7 Å². The first-order chi connectivity index (χ1) is 12.6. The smallest absolute Gasteiger partial charge is 0.310 e. The molecule has 8 heteroatoms. The molecule has 0 radical (unpaired) electrons. The number of likely N-dealkylation sites (tertiary alicyclic amines) is 1. The Morgan fingerprint density at radius 2 is 1.93 bits per heavy atom. The number of carbonyl (C=O) groups is 1. The molecule has 3 rings (SSSR count). The van der Waals surface area contributed by atoms with Crippen molar-refractivity contribution >= 4 is 16.1 Å². The van der Waals surface area contributed by atoms with Gasteiger partial charge in [0.25, 0.3) is 10.1 Å².